The van der Waals surface area contributed by atoms with Crippen molar-refractivity contribution in [3.8, 4) is 0 Å². The smallest absolute Gasteiger partial charge is 0.0466 e. The monoisotopic (exact) mass is 234 g/mol. The molecule has 3 rings (SSSR count). The molecule has 3 fully saturated rings. The summed E-state index contributed by atoms with van der Waals surface area (Å²) in [6, 6.07) is 0. The fourth-order valence-electron chi connectivity index (χ4n) is 1.53. The molecule has 0 aromatic heterocycles. The average molecular weight is 234 g/mol. The van der Waals surface area contributed by atoms with Crippen LogP contribution in [0.15, 0.2) is 0 Å². The Morgan fingerprint density at radius 2 is 0.562 bits per heavy atom. The topological polar surface area (TPSA) is 59.2 Å². The van der Waals surface area contributed by atoms with E-state index in [0.717, 1.165) is 39.6 Å². The summed E-state index contributed by atoms with van der Waals surface area (Å²) in [7, 11) is 0. The highest BCUT2D eigenvalue weighted by atomic mass is 16.5. The van der Waals surface area contributed by atoms with Gasteiger partial charge in [-0.3, -0.25) is 0 Å². The van der Waals surface area contributed by atoms with Crippen LogP contribution in [-0.4, -0.2) is 45.1 Å². The fraction of sp³-hybridized carbons (Fsp3) is 1.00. The largest absolute Gasteiger partial charge is 0.412 e. The van der Waals surface area contributed by atoms with E-state index >= 15 is 0 Å². The highest BCUT2D eigenvalue weighted by molar-refractivity contribution is 4.44. The number of ether oxygens (including phenoxy) is 3. The summed E-state index contributed by atoms with van der Waals surface area (Å²) in [6.45, 7) is 6.00. The maximum Gasteiger partial charge on any atom is 0.0466 e. The van der Waals surface area contributed by atoms with E-state index in [2.05, 4.69) is 0 Å². The normalized spacial score (nSPS) is 22.5. The van der Waals surface area contributed by atoms with Crippen LogP contribution < -0.4 is 0 Å². The van der Waals surface area contributed by atoms with Crippen molar-refractivity contribution in [1.29, 1.82) is 0 Å². The molecule has 0 atom stereocenters. The van der Waals surface area contributed by atoms with Crippen LogP contribution in [0.5, 0.6) is 0 Å². The van der Waals surface area contributed by atoms with Crippen molar-refractivity contribution in [2.24, 2.45) is 0 Å². The summed E-state index contributed by atoms with van der Waals surface area (Å²) in [6.07, 6.45) is 7.67. The summed E-state index contributed by atoms with van der Waals surface area (Å²) < 4.78 is 14.8. The average Bonchev–Trinajstić information content (AvgIpc) is 3.09. The van der Waals surface area contributed by atoms with Gasteiger partial charge in [-0.15, -0.1) is 0 Å². The molecule has 98 valence electrons. The van der Waals surface area contributed by atoms with E-state index in [0.29, 0.717) is 0 Å². The van der Waals surface area contributed by atoms with Crippen LogP contribution in [0.4, 0.5) is 0 Å². The van der Waals surface area contributed by atoms with Crippen LogP contribution in [0.1, 0.15) is 38.5 Å². The van der Waals surface area contributed by atoms with E-state index in [1.165, 1.54) is 38.5 Å². The predicted molar refractivity (Wildman–Crippen MR) is 63.8 cm³/mol. The number of hydrogen-bond acceptors (Lipinski definition) is 3. The summed E-state index contributed by atoms with van der Waals surface area (Å²) in [4.78, 5) is 0. The second kappa shape index (κ2) is 12.9. The molecule has 0 radical (unpaired) electrons. The molecule has 0 amide bonds. The summed E-state index contributed by atoms with van der Waals surface area (Å²) in [5.41, 5.74) is 0. The van der Waals surface area contributed by atoms with Gasteiger partial charge in [-0.2, -0.15) is 0 Å². The van der Waals surface area contributed by atoms with Gasteiger partial charge in [0.05, 0.1) is 0 Å². The molecule has 0 unspecified atom stereocenters. The first kappa shape index (κ1) is 15.8. The molecule has 4 heteroatoms. The van der Waals surface area contributed by atoms with Crippen LogP contribution in [-0.2, 0) is 14.2 Å². The fourth-order valence-corrected chi connectivity index (χ4v) is 1.53. The van der Waals surface area contributed by atoms with Gasteiger partial charge in [-0.05, 0) is 38.5 Å². The Labute approximate surface area is 98.6 Å². The highest BCUT2D eigenvalue weighted by Crippen LogP contribution is 1.99. The molecule has 0 spiro atoms. The maximum absolute atomic E-state index is 4.94. The van der Waals surface area contributed by atoms with Gasteiger partial charge in [0.25, 0.3) is 0 Å². The van der Waals surface area contributed by atoms with Crippen LogP contribution >= 0.6 is 0 Å². The zero-order chi connectivity index (χ0) is 10.6. The first-order valence-corrected chi connectivity index (χ1v) is 6.23. The molecule has 3 saturated heterocycles. The molecular weight excluding hydrogens is 208 g/mol. The number of rotatable bonds is 0. The van der Waals surface area contributed by atoms with Gasteiger partial charge >= 0.3 is 0 Å². The Kier molecular flexibility index (Phi) is 12.8. The van der Waals surface area contributed by atoms with Crippen LogP contribution in [0.3, 0.4) is 0 Å². The van der Waals surface area contributed by atoms with Crippen molar-refractivity contribution < 1.29 is 19.7 Å². The molecule has 16 heavy (non-hydrogen) atoms. The van der Waals surface area contributed by atoms with E-state index in [1.807, 2.05) is 0 Å². The summed E-state index contributed by atoms with van der Waals surface area (Å²) in [5.74, 6) is 0. The molecule has 4 nitrogen and oxygen atoms in total. The van der Waals surface area contributed by atoms with E-state index in [4.69, 9.17) is 14.2 Å². The molecule has 0 bridgehead atoms. The number of hydrogen-bond donors (Lipinski definition) is 0. The standard InChI is InChI=1S/3C4H8O.H2O/c3*1-2-4-5-3-1;/h3*1-4H2;1H2. The van der Waals surface area contributed by atoms with Crippen molar-refractivity contribution in [3.63, 3.8) is 0 Å². The Morgan fingerprint density at radius 1 is 0.375 bits per heavy atom. The van der Waals surface area contributed by atoms with E-state index in [-0.39, 0.29) is 5.48 Å². The molecule has 3 aliphatic heterocycles. The van der Waals surface area contributed by atoms with Crippen LogP contribution in [0.25, 0.3) is 0 Å². The predicted octanol–water partition coefficient (Wildman–Crippen LogP) is 1.57. The van der Waals surface area contributed by atoms with Crippen molar-refractivity contribution in [3.05, 3.63) is 0 Å². The lowest BCUT2D eigenvalue weighted by molar-refractivity contribution is 0.198. The van der Waals surface area contributed by atoms with E-state index in [9.17, 15) is 0 Å². The van der Waals surface area contributed by atoms with E-state index < -0.39 is 0 Å². The first-order valence-electron chi connectivity index (χ1n) is 6.23. The molecule has 0 aliphatic carbocycles. The maximum atomic E-state index is 4.94. The Bertz CT molecular complexity index is 71.6. The zero-order valence-electron chi connectivity index (χ0n) is 10.2. The molecule has 3 aliphatic rings. The quantitative estimate of drug-likeness (QED) is 0.639. The van der Waals surface area contributed by atoms with Gasteiger partial charge in [-0.1, -0.05) is 0 Å². The van der Waals surface area contributed by atoms with Crippen molar-refractivity contribution in [2.45, 2.75) is 38.5 Å². The Hall–Kier alpha value is -0.160. The van der Waals surface area contributed by atoms with Gasteiger partial charge in [0.15, 0.2) is 0 Å². The second-order valence-corrected chi connectivity index (χ2v) is 3.96. The second-order valence-electron chi connectivity index (χ2n) is 3.96. The molecule has 0 aromatic rings. The van der Waals surface area contributed by atoms with Crippen molar-refractivity contribution in [2.75, 3.05) is 39.6 Å². The van der Waals surface area contributed by atoms with Crippen LogP contribution in [0, 0.1) is 0 Å². The Balaban J connectivity index is 0.000000205. The molecule has 2 N–H and O–H groups in total. The molecule has 0 aromatic carbocycles. The van der Waals surface area contributed by atoms with Crippen LogP contribution in [0.2, 0.25) is 0 Å². The van der Waals surface area contributed by atoms with Crippen molar-refractivity contribution >= 4 is 0 Å². The molecular formula is C12H26O4. The lowest BCUT2D eigenvalue weighted by Crippen LogP contribution is -1.74. The minimum Gasteiger partial charge on any atom is -0.412 e. The lowest BCUT2D eigenvalue weighted by atomic mass is 10.4. The molecule has 3 heterocycles. The SMILES string of the molecule is C1CCOC1.C1CCOC1.C1CCOC1.O. The zero-order valence-corrected chi connectivity index (χ0v) is 10.2. The minimum absolute atomic E-state index is 0. The highest BCUT2D eigenvalue weighted by Gasteiger charge is 1.95. The first-order chi connectivity index (χ1) is 7.50. The summed E-state index contributed by atoms with van der Waals surface area (Å²) >= 11 is 0. The van der Waals surface area contributed by atoms with Gasteiger partial charge in [-0.25, -0.2) is 0 Å². The Morgan fingerprint density at radius 3 is 0.625 bits per heavy atom. The lowest BCUT2D eigenvalue weighted by Gasteiger charge is -1.76. The third-order valence-electron chi connectivity index (χ3n) is 2.48. The molecule has 0 saturated carbocycles. The van der Waals surface area contributed by atoms with Crippen molar-refractivity contribution in [1.82, 2.24) is 0 Å². The van der Waals surface area contributed by atoms with Gasteiger partial charge in [0.2, 0.25) is 0 Å². The van der Waals surface area contributed by atoms with E-state index in [1.54, 1.807) is 0 Å². The third kappa shape index (κ3) is 10.4. The third-order valence-corrected chi connectivity index (χ3v) is 2.48. The van der Waals surface area contributed by atoms with Gasteiger partial charge in [0.1, 0.15) is 0 Å². The summed E-state index contributed by atoms with van der Waals surface area (Å²) in [5, 5.41) is 0. The van der Waals surface area contributed by atoms with Gasteiger partial charge in [0, 0.05) is 39.6 Å². The van der Waals surface area contributed by atoms with Gasteiger partial charge < -0.3 is 19.7 Å². The minimum atomic E-state index is 0.